The number of nitrogens with one attached hydrogen (secondary N) is 1. The van der Waals surface area contributed by atoms with Crippen molar-refractivity contribution in [3.8, 4) is 11.8 Å². The van der Waals surface area contributed by atoms with Crippen LogP contribution in [0.3, 0.4) is 0 Å². The Bertz CT molecular complexity index is 931. The van der Waals surface area contributed by atoms with Gasteiger partial charge in [-0.1, -0.05) is 30.3 Å². The van der Waals surface area contributed by atoms with E-state index in [2.05, 4.69) is 16.4 Å². The quantitative estimate of drug-likeness (QED) is 0.739. The van der Waals surface area contributed by atoms with Crippen LogP contribution < -0.4 is 10.1 Å². The molecule has 0 fully saturated rings. The van der Waals surface area contributed by atoms with Crippen molar-refractivity contribution in [3.63, 3.8) is 0 Å². The van der Waals surface area contributed by atoms with E-state index in [9.17, 15) is 5.26 Å². The van der Waals surface area contributed by atoms with E-state index in [1.165, 1.54) is 0 Å². The lowest BCUT2D eigenvalue weighted by atomic mass is 10.1. The van der Waals surface area contributed by atoms with Crippen molar-refractivity contribution in [2.24, 2.45) is 0 Å². The van der Waals surface area contributed by atoms with E-state index < -0.39 is 0 Å². The largest absolute Gasteiger partial charge is 0.488 e. The lowest BCUT2D eigenvalue weighted by Gasteiger charge is -2.23. The predicted molar refractivity (Wildman–Crippen MR) is 101 cm³/mol. The molecular weight excluding hydrogens is 310 g/mol. The molecule has 3 rings (SSSR count). The van der Waals surface area contributed by atoms with Crippen molar-refractivity contribution in [2.45, 2.75) is 32.9 Å². The highest BCUT2D eigenvalue weighted by Crippen LogP contribution is 2.27. The minimum absolute atomic E-state index is 0.262. The van der Waals surface area contributed by atoms with Crippen LogP contribution in [0, 0.1) is 11.3 Å². The summed E-state index contributed by atoms with van der Waals surface area (Å²) >= 11 is 0. The van der Waals surface area contributed by atoms with Gasteiger partial charge in [0, 0.05) is 23.7 Å². The van der Waals surface area contributed by atoms with Gasteiger partial charge in [-0.05, 0) is 44.4 Å². The molecule has 0 aliphatic carbocycles. The molecule has 0 bridgehead atoms. The fourth-order valence-corrected chi connectivity index (χ4v) is 2.72. The molecule has 1 heterocycles. The molecule has 0 aliphatic rings. The molecule has 4 nitrogen and oxygen atoms in total. The van der Waals surface area contributed by atoms with Crippen molar-refractivity contribution in [3.05, 3.63) is 65.9 Å². The van der Waals surface area contributed by atoms with E-state index in [4.69, 9.17) is 4.74 Å². The number of para-hydroxylation sites is 1. The molecule has 0 saturated heterocycles. The van der Waals surface area contributed by atoms with Gasteiger partial charge in [-0.15, -0.1) is 0 Å². The van der Waals surface area contributed by atoms with Crippen LogP contribution in [0.2, 0.25) is 0 Å². The first-order valence-corrected chi connectivity index (χ1v) is 8.26. The smallest absolute Gasteiger partial charge is 0.135 e. The minimum Gasteiger partial charge on any atom is -0.488 e. The summed E-state index contributed by atoms with van der Waals surface area (Å²) in [5, 5.41) is 14.6. The van der Waals surface area contributed by atoms with E-state index in [0.29, 0.717) is 17.9 Å². The average molecular weight is 331 g/mol. The predicted octanol–water partition coefficient (Wildman–Crippen LogP) is 4.90. The molecule has 2 aromatic carbocycles. The number of rotatable bonds is 4. The Labute approximate surface area is 148 Å². The van der Waals surface area contributed by atoms with Crippen LogP contribution in [0.5, 0.6) is 5.75 Å². The summed E-state index contributed by atoms with van der Waals surface area (Å²) < 4.78 is 6.04. The van der Waals surface area contributed by atoms with E-state index in [1.54, 1.807) is 6.20 Å². The normalized spacial score (nSPS) is 11.1. The van der Waals surface area contributed by atoms with Crippen molar-refractivity contribution in [2.75, 3.05) is 5.32 Å². The Hall–Kier alpha value is -3.06. The summed E-state index contributed by atoms with van der Waals surface area (Å²) in [5.41, 5.74) is 1.40. The third-order valence-electron chi connectivity index (χ3n) is 3.75. The number of benzene rings is 2. The van der Waals surface area contributed by atoms with Crippen LogP contribution in [-0.2, 0) is 6.54 Å². The lowest BCUT2D eigenvalue weighted by molar-refractivity contribution is 0.129. The number of pyridine rings is 1. The topological polar surface area (TPSA) is 57.9 Å². The Morgan fingerprint density at radius 3 is 2.64 bits per heavy atom. The molecule has 1 aromatic heterocycles. The number of anilines is 1. The molecule has 0 aliphatic heterocycles. The zero-order valence-corrected chi connectivity index (χ0v) is 14.7. The second kappa shape index (κ2) is 6.82. The number of nitriles is 1. The van der Waals surface area contributed by atoms with Crippen LogP contribution in [0.4, 0.5) is 5.82 Å². The second-order valence-corrected chi connectivity index (χ2v) is 6.85. The van der Waals surface area contributed by atoms with Gasteiger partial charge >= 0.3 is 0 Å². The maximum atomic E-state index is 9.39. The van der Waals surface area contributed by atoms with Crippen molar-refractivity contribution >= 4 is 16.6 Å². The van der Waals surface area contributed by atoms with Crippen LogP contribution in [0.25, 0.3) is 10.8 Å². The summed E-state index contributed by atoms with van der Waals surface area (Å²) in [6, 6.07) is 17.8. The maximum Gasteiger partial charge on any atom is 0.135 e. The Morgan fingerprint density at radius 2 is 1.88 bits per heavy atom. The van der Waals surface area contributed by atoms with Gasteiger partial charge in [0.25, 0.3) is 0 Å². The molecule has 3 aromatic rings. The van der Waals surface area contributed by atoms with Gasteiger partial charge in [0.15, 0.2) is 0 Å². The third kappa shape index (κ3) is 3.89. The lowest BCUT2D eigenvalue weighted by Crippen LogP contribution is -2.23. The Balaban J connectivity index is 1.91. The van der Waals surface area contributed by atoms with E-state index in [-0.39, 0.29) is 5.60 Å². The van der Waals surface area contributed by atoms with Crippen molar-refractivity contribution in [1.82, 2.24) is 4.98 Å². The van der Waals surface area contributed by atoms with Crippen LogP contribution in [-0.4, -0.2) is 10.6 Å². The van der Waals surface area contributed by atoms with Crippen LogP contribution >= 0.6 is 0 Å². The summed E-state index contributed by atoms with van der Waals surface area (Å²) in [6.45, 7) is 6.66. The van der Waals surface area contributed by atoms with Crippen molar-refractivity contribution in [1.29, 1.82) is 5.26 Å². The first kappa shape index (κ1) is 16.8. The number of ether oxygens (including phenoxy) is 1. The van der Waals surface area contributed by atoms with Gasteiger partial charge in [-0.25, -0.2) is 4.98 Å². The minimum atomic E-state index is -0.262. The number of hydrogen-bond acceptors (Lipinski definition) is 4. The molecule has 0 radical (unpaired) electrons. The highest BCUT2D eigenvalue weighted by atomic mass is 16.5. The molecule has 0 unspecified atom stereocenters. The molecule has 0 spiro atoms. The fourth-order valence-electron chi connectivity index (χ4n) is 2.72. The summed E-state index contributed by atoms with van der Waals surface area (Å²) in [5.74, 6) is 1.56. The second-order valence-electron chi connectivity index (χ2n) is 6.85. The highest BCUT2D eigenvalue weighted by Gasteiger charge is 2.15. The first-order valence-electron chi connectivity index (χ1n) is 8.26. The van der Waals surface area contributed by atoms with Gasteiger partial charge in [0.2, 0.25) is 0 Å². The third-order valence-corrected chi connectivity index (χ3v) is 3.75. The molecule has 0 atom stereocenters. The first-order chi connectivity index (χ1) is 12.0. The number of nitrogens with zero attached hydrogens (tertiary/aromatic N) is 2. The van der Waals surface area contributed by atoms with Crippen LogP contribution in [0.1, 0.15) is 31.9 Å². The molecule has 0 saturated carbocycles. The number of fused-ring (bicyclic) bond motifs is 1. The highest BCUT2D eigenvalue weighted by molar-refractivity contribution is 5.96. The number of hydrogen-bond donors (Lipinski definition) is 1. The SMILES string of the molecule is CC(C)(C)Oc1ccccc1CNc1nccc2cccc(C#N)c12. The molecular formula is C21H21N3O. The van der Waals surface area contributed by atoms with Gasteiger partial charge in [0.05, 0.1) is 11.6 Å². The molecule has 126 valence electrons. The number of aromatic nitrogens is 1. The van der Waals surface area contributed by atoms with E-state index in [1.807, 2.05) is 69.3 Å². The van der Waals surface area contributed by atoms with Gasteiger partial charge in [-0.2, -0.15) is 5.26 Å². The Kier molecular flexibility index (Phi) is 4.58. The Morgan fingerprint density at radius 1 is 1.08 bits per heavy atom. The molecule has 4 heteroatoms. The monoisotopic (exact) mass is 331 g/mol. The van der Waals surface area contributed by atoms with Gasteiger partial charge in [-0.3, -0.25) is 0 Å². The summed E-state index contributed by atoms with van der Waals surface area (Å²) in [4.78, 5) is 4.43. The average Bonchev–Trinajstić information content (AvgIpc) is 2.59. The molecule has 0 amide bonds. The molecule has 1 N–H and O–H groups in total. The molecule has 25 heavy (non-hydrogen) atoms. The van der Waals surface area contributed by atoms with Crippen molar-refractivity contribution < 1.29 is 4.74 Å². The summed E-state index contributed by atoms with van der Waals surface area (Å²) in [6.07, 6.45) is 1.75. The standard InChI is InChI=1S/C21H21N3O/c1-21(2,3)25-18-10-5-4-7-17(18)14-24-20-19-15(11-12-23-20)8-6-9-16(19)13-22/h4-12H,14H2,1-3H3,(H,23,24). The van der Waals surface area contributed by atoms with Crippen LogP contribution in [0.15, 0.2) is 54.7 Å². The van der Waals surface area contributed by atoms with E-state index >= 15 is 0 Å². The zero-order valence-electron chi connectivity index (χ0n) is 14.7. The van der Waals surface area contributed by atoms with Gasteiger partial charge in [0.1, 0.15) is 17.2 Å². The zero-order chi connectivity index (χ0) is 17.9. The summed E-state index contributed by atoms with van der Waals surface area (Å²) in [7, 11) is 0. The fraction of sp³-hybridized carbons (Fsp3) is 0.238. The van der Waals surface area contributed by atoms with E-state index in [0.717, 1.165) is 22.1 Å². The maximum absolute atomic E-state index is 9.39. The van der Waals surface area contributed by atoms with Gasteiger partial charge < -0.3 is 10.1 Å².